The SMILES string of the molecule is CC(=O)N1c2ccc(S(=O)(=O)N3CCOCC3)cc2C[C@@H]1C(=O)NCCN1CCCC1. The molecule has 10 heteroatoms. The number of hydrogen-bond donors (Lipinski definition) is 1. The first kappa shape index (κ1) is 22.2. The van der Waals surface area contributed by atoms with Gasteiger partial charge in [-0.05, 0) is 49.7 Å². The monoisotopic (exact) mass is 450 g/mol. The van der Waals surface area contributed by atoms with Gasteiger partial charge in [-0.15, -0.1) is 0 Å². The molecule has 3 aliphatic heterocycles. The lowest BCUT2D eigenvalue weighted by molar-refractivity contribution is -0.125. The molecular formula is C21H30N4O5S. The third kappa shape index (κ3) is 4.62. The molecule has 0 radical (unpaired) electrons. The minimum absolute atomic E-state index is 0.187. The molecule has 0 bridgehead atoms. The Morgan fingerprint density at radius 2 is 1.84 bits per heavy atom. The molecule has 1 N–H and O–H groups in total. The van der Waals surface area contributed by atoms with Gasteiger partial charge in [0, 0.05) is 45.2 Å². The number of rotatable bonds is 6. The van der Waals surface area contributed by atoms with Gasteiger partial charge in [-0.3, -0.25) is 14.5 Å². The summed E-state index contributed by atoms with van der Waals surface area (Å²) in [4.78, 5) is 29.2. The van der Waals surface area contributed by atoms with Gasteiger partial charge in [0.2, 0.25) is 21.8 Å². The van der Waals surface area contributed by atoms with E-state index < -0.39 is 16.1 Å². The van der Waals surface area contributed by atoms with Crippen LogP contribution in [-0.4, -0.2) is 88.0 Å². The van der Waals surface area contributed by atoms with E-state index in [0.717, 1.165) is 19.6 Å². The van der Waals surface area contributed by atoms with Crippen LogP contribution in [0.3, 0.4) is 0 Å². The molecule has 0 aromatic heterocycles. The zero-order valence-corrected chi connectivity index (χ0v) is 18.7. The second kappa shape index (κ2) is 9.23. The van der Waals surface area contributed by atoms with Gasteiger partial charge in [0.1, 0.15) is 6.04 Å². The van der Waals surface area contributed by atoms with Gasteiger partial charge in [-0.25, -0.2) is 8.42 Å². The Hall–Kier alpha value is -2.01. The van der Waals surface area contributed by atoms with Gasteiger partial charge in [-0.2, -0.15) is 4.31 Å². The molecule has 2 saturated heterocycles. The zero-order valence-electron chi connectivity index (χ0n) is 17.9. The first-order valence-corrected chi connectivity index (χ1v) is 12.3. The molecule has 1 aromatic carbocycles. The molecule has 1 atom stereocenters. The summed E-state index contributed by atoms with van der Waals surface area (Å²) in [7, 11) is -3.64. The average molecular weight is 451 g/mol. The average Bonchev–Trinajstić information content (AvgIpc) is 3.41. The number of likely N-dealkylation sites (tertiary alicyclic amines) is 1. The third-order valence-electron chi connectivity index (χ3n) is 6.21. The van der Waals surface area contributed by atoms with Crippen LogP contribution < -0.4 is 10.2 Å². The fourth-order valence-corrected chi connectivity index (χ4v) is 6.04. The molecule has 4 rings (SSSR count). The van der Waals surface area contributed by atoms with E-state index in [9.17, 15) is 18.0 Å². The van der Waals surface area contributed by atoms with Crippen molar-refractivity contribution in [1.82, 2.24) is 14.5 Å². The molecule has 2 amide bonds. The summed E-state index contributed by atoms with van der Waals surface area (Å²) in [6, 6.07) is 4.11. The van der Waals surface area contributed by atoms with Gasteiger partial charge in [0.15, 0.2) is 0 Å². The smallest absolute Gasteiger partial charge is 0.243 e. The lowest BCUT2D eigenvalue weighted by Crippen LogP contribution is -2.48. The van der Waals surface area contributed by atoms with Gasteiger partial charge < -0.3 is 15.0 Å². The number of ether oxygens (including phenoxy) is 1. The molecule has 0 saturated carbocycles. The molecule has 1 aromatic rings. The van der Waals surface area contributed by atoms with Gasteiger partial charge in [-0.1, -0.05) is 0 Å². The predicted molar refractivity (Wildman–Crippen MR) is 115 cm³/mol. The highest BCUT2D eigenvalue weighted by Gasteiger charge is 2.38. The van der Waals surface area contributed by atoms with E-state index in [1.54, 1.807) is 12.1 Å². The summed E-state index contributed by atoms with van der Waals surface area (Å²) >= 11 is 0. The van der Waals surface area contributed by atoms with Crippen molar-refractivity contribution in [2.45, 2.75) is 37.1 Å². The summed E-state index contributed by atoms with van der Waals surface area (Å²) in [6.07, 6.45) is 2.69. The first-order valence-electron chi connectivity index (χ1n) is 10.9. The van der Waals surface area contributed by atoms with Crippen molar-refractivity contribution >= 4 is 27.5 Å². The number of nitrogens with zero attached hydrogens (tertiary/aromatic N) is 3. The van der Waals surface area contributed by atoms with E-state index in [1.165, 1.54) is 35.0 Å². The quantitative estimate of drug-likeness (QED) is 0.665. The highest BCUT2D eigenvalue weighted by Crippen LogP contribution is 2.35. The molecule has 3 heterocycles. The molecule has 0 unspecified atom stereocenters. The topological polar surface area (TPSA) is 99.3 Å². The van der Waals surface area contributed by atoms with Crippen molar-refractivity contribution in [1.29, 1.82) is 0 Å². The fourth-order valence-electron chi connectivity index (χ4n) is 4.58. The van der Waals surface area contributed by atoms with Crippen LogP contribution in [0.25, 0.3) is 0 Å². The summed E-state index contributed by atoms with van der Waals surface area (Å²) in [5.74, 6) is -0.439. The number of sulfonamides is 1. The summed E-state index contributed by atoms with van der Waals surface area (Å²) < 4.78 is 32.6. The van der Waals surface area contributed by atoms with Gasteiger partial charge in [0.05, 0.1) is 18.1 Å². The molecule has 9 nitrogen and oxygen atoms in total. The number of carbonyl (C=O) groups is 2. The van der Waals surface area contributed by atoms with Gasteiger partial charge in [0.25, 0.3) is 0 Å². The second-order valence-corrected chi connectivity index (χ2v) is 10.2. The number of amides is 2. The number of carbonyl (C=O) groups excluding carboxylic acids is 2. The van der Waals surface area contributed by atoms with Crippen molar-refractivity contribution in [3.8, 4) is 0 Å². The van der Waals surface area contributed by atoms with Crippen LogP contribution in [0.15, 0.2) is 23.1 Å². The van der Waals surface area contributed by atoms with E-state index in [1.807, 2.05) is 0 Å². The van der Waals surface area contributed by atoms with Crippen LogP contribution in [0.5, 0.6) is 0 Å². The van der Waals surface area contributed by atoms with E-state index in [-0.39, 0.29) is 16.7 Å². The zero-order chi connectivity index (χ0) is 22.0. The van der Waals surface area contributed by atoms with Crippen molar-refractivity contribution in [3.05, 3.63) is 23.8 Å². The van der Waals surface area contributed by atoms with Crippen molar-refractivity contribution in [2.24, 2.45) is 0 Å². The largest absolute Gasteiger partial charge is 0.379 e. The van der Waals surface area contributed by atoms with Crippen LogP contribution in [0.2, 0.25) is 0 Å². The molecule has 31 heavy (non-hydrogen) atoms. The molecule has 2 fully saturated rings. The molecular weight excluding hydrogens is 420 g/mol. The Balaban J connectivity index is 1.48. The maximum Gasteiger partial charge on any atom is 0.243 e. The number of benzene rings is 1. The highest BCUT2D eigenvalue weighted by atomic mass is 32.2. The Bertz CT molecular complexity index is 939. The molecule has 0 aliphatic carbocycles. The Morgan fingerprint density at radius 3 is 2.52 bits per heavy atom. The number of hydrogen-bond acceptors (Lipinski definition) is 6. The van der Waals surface area contributed by atoms with Crippen molar-refractivity contribution < 1.29 is 22.7 Å². The number of morpholine rings is 1. The van der Waals surface area contributed by atoms with E-state index in [2.05, 4.69) is 10.2 Å². The highest BCUT2D eigenvalue weighted by molar-refractivity contribution is 7.89. The van der Waals surface area contributed by atoms with Crippen LogP contribution in [-0.2, 0) is 30.8 Å². The summed E-state index contributed by atoms with van der Waals surface area (Å²) in [6.45, 7) is 6.28. The third-order valence-corrected chi connectivity index (χ3v) is 8.11. The Morgan fingerprint density at radius 1 is 1.13 bits per heavy atom. The Kier molecular flexibility index (Phi) is 6.61. The lowest BCUT2D eigenvalue weighted by Gasteiger charge is -2.26. The maximum atomic E-state index is 13.0. The van der Waals surface area contributed by atoms with E-state index in [4.69, 9.17) is 4.74 Å². The predicted octanol–water partition coefficient (Wildman–Crippen LogP) is 0.197. The molecule has 0 spiro atoms. The molecule has 3 aliphatic rings. The second-order valence-electron chi connectivity index (χ2n) is 8.26. The first-order chi connectivity index (χ1) is 14.9. The number of anilines is 1. The lowest BCUT2D eigenvalue weighted by atomic mass is 10.1. The summed E-state index contributed by atoms with van der Waals surface area (Å²) in [5, 5.41) is 2.95. The number of nitrogens with one attached hydrogen (secondary N) is 1. The van der Waals surface area contributed by atoms with Crippen molar-refractivity contribution in [2.75, 3.05) is 57.4 Å². The normalized spacial score (nSPS) is 22.5. The maximum absolute atomic E-state index is 13.0. The van der Waals surface area contributed by atoms with Crippen LogP contribution >= 0.6 is 0 Å². The van der Waals surface area contributed by atoms with Crippen LogP contribution in [0, 0.1) is 0 Å². The fraction of sp³-hybridized carbons (Fsp3) is 0.619. The van der Waals surface area contributed by atoms with E-state index >= 15 is 0 Å². The molecule has 170 valence electrons. The van der Waals surface area contributed by atoms with Crippen LogP contribution in [0.1, 0.15) is 25.3 Å². The van der Waals surface area contributed by atoms with Crippen LogP contribution in [0.4, 0.5) is 5.69 Å². The number of fused-ring (bicyclic) bond motifs is 1. The standard InChI is InChI=1S/C21H30N4O5S/c1-16(26)25-19-5-4-18(31(28,29)24-10-12-30-13-11-24)14-17(19)15-20(25)21(27)22-6-9-23-7-2-3-8-23/h4-5,14,20H,2-3,6-13,15H2,1H3,(H,22,27)/t20-/m1/s1. The van der Waals surface area contributed by atoms with Gasteiger partial charge >= 0.3 is 0 Å². The minimum atomic E-state index is -3.64. The summed E-state index contributed by atoms with van der Waals surface area (Å²) in [5.41, 5.74) is 1.30. The van der Waals surface area contributed by atoms with Crippen molar-refractivity contribution in [3.63, 3.8) is 0 Å². The van der Waals surface area contributed by atoms with E-state index in [0.29, 0.717) is 50.5 Å². The minimum Gasteiger partial charge on any atom is -0.379 e. The Labute approximate surface area is 183 Å².